The summed E-state index contributed by atoms with van der Waals surface area (Å²) in [5, 5.41) is 3.09. The Kier molecular flexibility index (Phi) is 5.43. The normalized spacial score (nSPS) is 19.9. The Morgan fingerprint density at radius 1 is 1.15 bits per heavy atom. The maximum absolute atomic E-state index is 12.9. The van der Waals surface area contributed by atoms with Crippen LogP contribution in [0.5, 0.6) is 0 Å². The van der Waals surface area contributed by atoms with E-state index in [1.165, 1.54) is 0 Å². The molecule has 2 amide bonds. The first kappa shape index (κ1) is 18.2. The Bertz CT molecular complexity index is 761. The fourth-order valence-electron chi connectivity index (χ4n) is 3.31. The van der Waals surface area contributed by atoms with Gasteiger partial charge in [-0.3, -0.25) is 24.1 Å². The molecule has 2 aliphatic rings. The fraction of sp³-hybridized carbons (Fsp3) is 0.444. The zero-order chi connectivity index (χ0) is 18.7. The van der Waals surface area contributed by atoms with Gasteiger partial charge in [0.05, 0.1) is 36.8 Å². The van der Waals surface area contributed by atoms with Gasteiger partial charge in [0.2, 0.25) is 0 Å². The summed E-state index contributed by atoms with van der Waals surface area (Å²) in [6.45, 7) is 1.74. The summed E-state index contributed by atoms with van der Waals surface area (Å²) in [4.78, 5) is 50.2. The molecule has 3 rings (SSSR count). The number of nitrogens with one attached hydrogen (secondary N) is 1. The Morgan fingerprint density at radius 2 is 1.96 bits per heavy atom. The Morgan fingerprint density at radius 3 is 2.69 bits per heavy atom. The smallest absolute Gasteiger partial charge is 0.264 e. The average Bonchev–Trinajstić information content (AvgIpc) is 2.87. The van der Waals surface area contributed by atoms with Crippen molar-refractivity contribution in [2.24, 2.45) is 5.73 Å². The number of anilines is 1. The highest BCUT2D eigenvalue weighted by Crippen LogP contribution is 2.33. The van der Waals surface area contributed by atoms with E-state index in [4.69, 9.17) is 10.5 Å². The second kappa shape index (κ2) is 7.76. The van der Waals surface area contributed by atoms with Crippen molar-refractivity contribution >= 4 is 29.1 Å². The van der Waals surface area contributed by atoms with Crippen molar-refractivity contribution in [1.82, 2.24) is 4.90 Å². The number of nitrogens with two attached hydrogens (primary N) is 1. The van der Waals surface area contributed by atoms with Crippen molar-refractivity contribution in [3.05, 3.63) is 29.3 Å². The van der Waals surface area contributed by atoms with Crippen molar-refractivity contribution in [2.75, 3.05) is 31.6 Å². The summed E-state index contributed by atoms with van der Waals surface area (Å²) in [5.74, 6) is -1.51. The second-order valence-electron chi connectivity index (χ2n) is 6.27. The van der Waals surface area contributed by atoms with Gasteiger partial charge in [-0.2, -0.15) is 0 Å². The van der Waals surface area contributed by atoms with Crippen molar-refractivity contribution in [3.8, 4) is 0 Å². The van der Waals surface area contributed by atoms with E-state index in [0.717, 1.165) is 4.90 Å². The largest absolute Gasteiger partial charge is 0.382 e. The van der Waals surface area contributed by atoms with E-state index in [0.29, 0.717) is 32.0 Å². The number of rotatable bonds is 7. The van der Waals surface area contributed by atoms with Crippen LogP contribution in [0.2, 0.25) is 0 Å². The monoisotopic (exact) mass is 359 g/mol. The van der Waals surface area contributed by atoms with E-state index in [2.05, 4.69) is 5.32 Å². The van der Waals surface area contributed by atoms with E-state index in [9.17, 15) is 19.2 Å². The molecule has 138 valence electrons. The van der Waals surface area contributed by atoms with Crippen molar-refractivity contribution < 1.29 is 23.9 Å². The molecule has 0 aromatic heterocycles. The topological polar surface area (TPSA) is 119 Å². The number of carbonyl (C=O) groups is 4. The van der Waals surface area contributed by atoms with Gasteiger partial charge in [-0.1, -0.05) is 6.07 Å². The number of imide groups is 1. The first-order chi connectivity index (χ1) is 12.5. The van der Waals surface area contributed by atoms with Crippen LogP contribution in [0.4, 0.5) is 5.69 Å². The molecule has 0 saturated heterocycles. The number of fused-ring (bicyclic) bond motifs is 1. The third-order valence-electron chi connectivity index (χ3n) is 4.52. The molecule has 8 nitrogen and oxygen atoms in total. The number of hydrogen-bond donors (Lipinski definition) is 2. The summed E-state index contributed by atoms with van der Waals surface area (Å²) < 4.78 is 5.29. The molecule has 1 heterocycles. The van der Waals surface area contributed by atoms with Gasteiger partial charge in [0.1, 0.15) is 5.78 Å². The van der Waals surface area contributed by atoms with Gasteiger partial charge in [0, 0.05) is 25.2 Å². The predicted molar refractivity (Wildman–Crippen MR) is 93.0 cm³/mol. The van der Waals surface area contributed by atoms with E-state index in [1.807, 2.05) is 0 Å². The van der Waals surface area contributed by atoms with Gasteiger partial charge in [-0.15, -0.1) is 0 Å². The predicted octanol–water partition coefficient (Wildman–Crippen LogP) is 0.360. The lowest BCUT2D eigenvalue weighted by atomic mass is 9.92. The van der Waals surface area contributed by atoms with E-state index < -0.39 is 17.9 Å². The first-order valence-electron chi connectivity index (χ1n) is 8.61. The minimum atomic E-state index is -0.860. The molecular weight excluding hydrogens is 338 g/mol. The van der Waals surface area contributed by atoms with Crippen molar-refractivity contribution in [2.45, 2.75) is 25.3 Å². The Labute approximate surface area is 150 Å². The number of amides is 2. The van der Waals surface area contributed by atoms with Crippen LogP contribution in [0.15, 0.2) is 18.2 Å². The van der Waals surface area contributed by atoms with E-state index in [1.54, 1.807) is 18.2 Å². The second-order valence-corrected chi connectivity index (χ2v) is 6.27. The average molecular weight is 359 g/mol. The number of benzene rings is 1. The number of ether oxygens (including phenoxy) is 1. The third-order valence-corrected chi connectivity index (χ3v) is 4.52. The van der Waals surface area contributed by atoms with Crippen molar-refractivity contribution in [3.63, 3.8) is 0 Å². The number of nitrogens with zero attached hydrogens (tertiary/aromatic N) is 1. The molecule has 1 atom stereocenters. The molecule has 0 spiro atoms. The Balaban J connectivity index is 1.78. The SMILES string of the molecule is NCCOCCNc1cccc2c1C(=O)N(C1CCC(=O)CC1=O)C2=O. The zero-order valence-electron chi connectivity index (χ0n) is 14.3. The molecule has 1 aliphatic heterocycles. The number of hydrogen-bond acceptors (Lipinski definition) is 7. The quantitative estimate of drug-likeness (QED) is 0.410. The molecule has 1 fully saturated rings. The summed E-state index contributed by atoms with van der Waals surface area (Å²) in [6.07, 6.45) is 0.174. The Hall–Kier alpha value is -2.58. The standard InChI is InChI=1S/C18H21N3O5/c19-6-8-26-9-7-20-13-3-1-2-12-16(13)18(25)21(17(12)24)14-5-4-11(22)10-15(14)23/h1-3,14,20H,4-10,19H2. The molecule has 1 aromatic rings. The van der Waals surface area contributed by atoms with Crippen LogP contribution in [0, 0.1) is 0 Å². The maximum atomic E-state index is 12.9. The first-order valence-corrected chi connectivity index (χ1v) is 8.61. The lowest BCUT2D eigenvalue weighted by molar-refractivity contribution is -0.132. The number of ketones is 2. The molecule has 8 heteroatoms. The zero-order valence-corrected chi connectivity index (χ0v) is 14.3. The minimum absolute atomic E-state index is 0.150. The van der Waals surface area contributed by atoms with Crippen LogP contribution < -0.4 is 11.1 Å². The summed E-state index contributed by atoms with van der Waals surface area (Å²) in [5.41, 5.74) is 6.42. The summed E-state index contributed by atoms with van der Waals surface area (Å²) in [6, 6.07) is 4.11. The van der Waals surface area contributed by atoms with Crippen molar-refractivity contribution in [1.29, 1.82) is 0 Å². The van der Waals surface area contributed by atoms with Gasteiger partial charge in [-0.25, -0.2) is 0 Å². The van der Waals surface area contributed by atoms with Crippen LogP contribution in [-0.2, 0) is 14.3 Å². The maximum Gasteiger partial charge on any atom is 0.264 e. The van der Waals surface area contributed by atoms with Gasteiger partial charge in [0.25, 0.3) is 11.8 Å². The van der Waals surface area contributed by atoms with Gasteiger partial charge in [0.15, 0.2) is 5.78 Å². The molecule has 3 N–H and O–H groups in total. The van der Waals surface area contributed by atoms with E-state index >= 15 is 0 Å². The highest BCUT2D eigenvalue weighted by Gasteiger charge is 2.45. The van der Waals surface area contributed by atoms with E-state index in [-0.39, 0.29) is 42.0 Å². The molecule has 1 aliphatic carbocycles. The van der Waals surface area contributed by atoms with Crippen LogP contribution >= 0.6 is 0 Å². The lowest BCUT2D eigenvalue weighted by Gasteiger charge is -2.27. The third kappa shape index (κ3) is 3.38. The highest BCUT2D eigenvalue weighted by atomic mass is 16.5. The molecule has 26 heavy (non-hydrogen) atoms. The van der Waals surface area contributed by atoms with Crippen LogP contribution in [0.1, 0.15) is 40.0 Å². The van der Waals surface area contributed by atoms with Gasteiger partial charge >= 0.3 is 0 Å². The number of Topliss-reactive ketones (excluding diaryl/α,β-unsaturated/α-hetero) is 2. The summed E-state index contributed by atoms with van der Waals surface area (Å²) in [7, 11) is 0. The lowest BCUT2D eigenvalue weighted by Crippen LogP contribution is -2.47. The van der Waals surface area contributed by atoms with Crippen LogP contribution in [-0.4, -0.2) is 60.6 Å². The van der Waals surface area contributed by atoms with Crippen LogP contribution in [0.3, 0.4) is 0 Å². The van der Waals surface area contributed by atoms with Crippen LogP contribution in [0.25, 0.3) is 0 Å². The van der Waals surface area contributed by atoms with Gasteiger partial charge < -0.3 is 15.8 Å². The number of carbonyl (C=O) groups excluding carboxylic acids is 4. The molecule has 1 unspecified atom stereocenters. The minimum Gasteiger partial charge on any atom is -0.382 e. The van der Waals surface area contributed by atoms with Gasteiger partial charge in [-0.05, 0) is 18.6 Å². The fourth-order valence-corrected chi connectivity index (χ4v) is 3.31. The molecule has 0 radical (unpaired) electrons. The molecular formula is C18H21N3O5. The molecule has 1 saturated carbocycles. The molecule has 1 aromatic carbocycles. The molecule has 0 bridgehead atoms. The highest BCUT2D eigenvalue weighted by molar-refractivity contribution is 6.25. The summed E-state index contributed by atoms with van der Waals surface area (Å²) >= 11 is 0.